The van der Waals surface area contributed by atoms with Crippen molar-refractivity contribution in [1.82, 2.24) is 9.55 Å². The zero-order chi connectivity index (χ0) is 23.2. The molecule has 1 N–H and O–H groups in total. The molecule has 7 nitrogen and oxygen atoms in total. The first-order chi connectivity index (χ1) is 15.8. The molecule has 1 amide bonds. The highest BCUT2D eigenvalue weighted by atomic mass is 35.5. The van der Waals surface area contributed by atoms with Crippen LogP contribution in [-0.2, 0) is 11.3 Å². The van der Waals surface area contributed by atoms with Crippen LogP contribution in [0.25, 0.3) is 11.0 Å². The number of hydrogen-bond donors (Lipinski definition) is 1. The Labute approximate surface area is 194 Å². The molecule has 1 atom stereocenters. The predicted octanol–water partition coefficient (Wildman–Crippen LogP) is 5.15. The minimum absolute atomic E-state index is 0.106. The number of fused-ring (bicyclic) bond motifs is 3. The summed E-state index contributed by atoms with van der Waals surface area (Å²) < 4.78 is 37.8. The maximum absolute atomic E-state index is 13.1. The highest BCUT2D eigenvalue weighted by Gasteiger charge is 2.28. The number of hydrogen-bond acceptors (Lipinski definition) is 5. The van der Waals surface area contributed by atoms with Gasteiger partial charge in [-0.3, -0.25) is 4.79 Å². The fourth-order valence-electron chi connectivity index (χ4n) is 4.50. The summed E-state index contributed by atoms with van der Waals surface area (Å²) >= 11 is 4.79. The molecule has 1 saturated heterocycles. The van der Waals surface area contributed by atoms with Crippen LogP contribution in [0.4, 0.5) is 20.2 Å². The van der Waals surface area contributed by atoms with E-state index in [0.29, 0.717) is 24.5 Å². The highest BCUT2D eigenvalue weighted by Crippen LogP contribution is 2.36. The average Bonchev–Trinajstić information content (AvgIpc) is 3.41. The van der Waals surface area contributed by atoms with Crippen LogP contribution in [0.5, 0.6) is 5.75 Å². The third kappa shape index (κ3) is 4.47. The molecule has 3 aromatic rings. The number of carbonyl (C=O) groups is 1. The number of benzene rings is 2. The Balaban J connectivity index is 1.47. The lowest BCUT2D eigenvalue weighted by Gasteiger charge is -2.26. The summed E-state index contributed by atoms with van der Waals surface area (Å²) in [7, 11) is 0. The monoisotopic (exact) mass is 476 g/mol. The van der Waals surface area contributed by atoms with Crippen LogP contribution in [0.2, 0.25) is 0 Å². The van der Waals surface area contributed by atoms with Crippen LogP contribution in [0.15, 0.2) is 36.4 Å². The van der Waals surface area contributed by atoms with Gasteiger partial charge in [-0.25, -0.2) is 4.98 Å². The third-order valence-corrected chi connectivity index (χ3v) is 6.00. The summed E-state index contributed by atoms with van der Waals surface area (Å²) in [5, 5.41) is 2.81. The SMILES string of the molecule is C[C@@H]1COCc2nc3cc(C(=O)Nc4ccc(OC(F)(F)Cl)cc4)cc(N4CCCC4)c3n21. The van der Waals surface area contributed by atoms with E-state index in [2.05, 4.69) is 26.4 Å². The number of anilines is 2. The van der Waals surface area contributed by atoms with Crippen LogP contribution in [-0.4, -0.2) is 40.7 Å². The first-order valence-electron chi connectivity index (χ1n) is 10.8. The van der Waals surface area contributed by atoms with Crippen molar-refractivity contribution in [1.29, 1.82) is 0 Å². The van der Waals surface area contributed by atoms with Gasteiger partial charge in [0.05, 0.1) is 29.4 Å². The van der Waals surface area contributed by atoms with E-state index in [4.69, 9.17) is 21.3 Å². The average molecular weight is 477 g/mol. The molecule has 0 saturated carbocycles. The lowest BCUT2D eigenvalue weighted by molar-refractivity contribution is -0.0964. The Morgan fingerprint density at radius 3 is 2.67 bits per heavy atom. The molecule has 174 valence electrons. The van der Waals surface area contributed by atoms with E-state index in [1.807, 2.05) is 6.07 Å². The Bertz CT molecular complexity index is 1190. The third-order valence-electron chi connectivity index (χ3n) is 5.92. The molecule has 1 fully saturated rings. The summed E-state index contributed by atoms with van der Waals surface area (Å²) in [4.78, 5) is 20.1. The van der Waals surface area contributed by atoms with Gasteiger partial charge in [0.2, 0.25) is 0 Å². The van der Waals surface area contributed by atoms with Crippen molar-refractivity contribution in [3.8, 4) is 5.75 Å². The van der Waals surface area contributed by atoms with E-state index in [1.54, 1.807) is 6.07 Å². The number of rotatable bonds is 5. The molecule has 0 spiro atoms. The highest BCUT2D eigenvalue weighted by molar-refractivity contribution is 6.20. The van der Waals surface area contributed by atoms with Gasteiger partial charge >= 0.3 is 5.57 Å². The number of nitrogens with zero attached hydrogens (tertiary/aromatic N) is 3. The number of ether oxygens (including phenoxy) is 2. The molecular formula is C23H23ClF2N4O3. The zero-order valence-corrected chi connectivity index (χ0v) is 18.7. The molecule has 1 aromatic heterocycles. The Morgan fingerprint density at radius 1 is 1.24 bits per heavy atom. The quantitative estimate of drug-likeness (QED) is 0.516. The van der Waals surface area contributed by atoms with E-state index in [-0.39, 0.29) is 17.7 Å². The van der Waals surface area contributed by atoms with Crippen molar-refractivity contribution in [3.63, 3.8) is 0 Å². The number of halogens is 3. The molecule has 2 aliphatic rings. The lowest BCUT2D eigenvalue weighted by Crippen LogP contribution is -2.24. The molecule has 0 radical (unpaired) electrons. The minimum atomic E-state index is -3.79. The molecule has 2 aliphatic heterocycles. The number of aromatic nitrogens is 2. The molecule has 33 heavy (non-hydrogen) atoms. The van der Waals surface area contributed by atoms with Crippen LogP contribution in [0.1, 0.15) is 42.0 Å². The molecule has 2 aromatic carbocycles. The van der Waals surface area contributed by atoms with E-state index < -0.39 is 5.57 Å². The van der Waals surface area contributed by atoms with Crippen molar-refractivity contribution >= 4 is 39.9 Å². The maximum atomic E-state index is 13.1. The van der Waals surface area contributed by atoms with Gasteiger partial charge in [-0.05, 0) is 56.2 Å². The van der Waals surface area contributed by atoms with E-state index in [1.165, 1.54) is 24.3 Å². The molecular weight excluding hydrogens is 454 g/mol. The van der Waals surface area contributed by atoms with Crippen LogP contribution in [0, 0.1) is 0 Å². The van der Waals surface area contributed by atoms with Gasteiger partial charge in [-0.15, -0.1) is 8.78 Å². The van der Waals surface area contributed by atoms with Crippen molar-refractivity contribution in [2.75, 3.05) is 29.9 Å². The molecule has 0 aliphatic carbocycles. The topological polar surface area (TPSA) is 68.6 Å². The molecule has 0 unspecified atom stereocenters. The van der Waals surface area contributed by atoms with Gasteiger partial charge in [0, 0.05) is 35.9 Å². The lowest BCUT2D eigenvalue weighted by atomic mass is 10.1. The predicted molar refractivity (Wildman–Crippen MR) is 121 cm³/mol. The van der Waals surface area contributed by atoms with Crippen LogP contribution in [0.3, 0.4) is 0 Å². The van der Waals surface area contributed by atoms with E-state index in [0.717, 1.165) is 48.5 Å². The fraction of sp³-hybridized carbons (Fsp3) is 0.391. The van der Waals surface area contributed by atoms with Crippen LogP contribution >= 0.6 is 11.6 Å². The largest absolute Gasteiger partial charge is 0.487 e. The minimum Gasteiger partial charge on any atom is -0.420 e. The number of carbonyl (C=O) groups excluding carboxylic acids is 1. The smallest absolute Gasteiger partial charge is 0.420 e. The maximum Gasteiger partial charge on any atom is 0.487 e. The van der Waals surface area contributed by atoms with Gasteiger partial charge in [-0.2, -0.15) is 0 Å². The summed E-state index contributed by atoms with van der Waals surface area (Å²) in [6.07, 6.45) is 2.21. The van der Waals surface area contributed by atoms with Crippen molar-refractivity contribution in [2.24, 2.45) is 0 Å². The van der Waals surface area contributed by atoms with Crippen LogP contribution < -0.4 is 15.0 Å². The fourth-order valence-corrected chi connectivity index (χ4v) is 4.59. The summed E-state index contributed by atoms with van der Waals surface area (Å²) in [5.41, 5.74) is -0.0953. The van der Waals surface area contributed by atoms with Crippen molar-refractivity contribution < 1.29 is 23.0 Å². The summed E-state index contributed by atoms with van der Waals surface area (Å²) in [6.45, 7) is 5.02. The Kier molecular flexibility index (Phi) is 5.62. The second kappa shape index (κ2) is 8.46. The number of nitrogens with one attached hydrogen (secondary N) is 1. The van der Waals surface area contributed by atoms with Gasteiger partial charge in [-0.1, -0.05) is 0 Å². The number of imidazole rings is 1. The number of amides is 1. The van der Waals surface area contributed by atoms with Crippen molar-refractivity contribution in [2.45, 2.75) is 38.0 Å². The molecule has 10 heteroatoms. The molecule has 3 heterocycles. The summed E-state index contributed by atoms with van der Waals surface area (Å²) in [5.74, 6) is 0.433. The number of alkyl halides is 3. The van der Waals surface area contributed by atoms with Gasteiger partial charge < -0.3 is 24.3 Å². The normalized spacial score (nSPS) is 18.4. The zero-order valence-electron chi connectivity index (χ0n) is 18.0. The van der Waals surface area contributed by atoms with Gasteiger partial charge in [0.15, 0.2) is 0 Å². The molecule has 0 bridgehead atoms. The first kappa shape index (κ1) is 21.9. The summed E-state index contributed by atoms with van der Waals surface area (Å²) in [6, 6.07) is 9.43. The first-order valence-corrected chi connectivity index (χ1v) is 11.2. The standard InChI is InChI=1S/C23H23ClF2N4O3/c1-14-12-32-13-20-28-18-10-15(11-19(21(18)30(14)20)29-8-2-3-9-29)22(31)27-16-4-6-17(7-5-16)33-23(24,25)26/h4-7,10-11,14H,2-3,8-9,12-13H2,1H3,(H,27,31)/t14-/m1/s1. The second-order valence-electron chi connectivity index (χ2n) is 8.35. The Hall–Kier alpha value is -2.91. The van der Waals surface area contributed by atoms with Crippen molar-refractivity contribution in [3.05, 3.63) is 47.8 Å². The van der Waals surface area contributed by atoms with Gasteiger partial charge in [0.1, 0.15) is 18.2 Å². The molecule has 5 rings (SSSR count). The second-order valence-corrected chi connectivity index (χ2v) is 8.79. The van der Waals surface area contributed by atoms with E-state index in [9.17, 15) is 13.6 Å². The Morgan fingerprint density at radius 2 is 1.97 bits per heavy atom. The van der Waals surface area contributed by atoms with Gasteiger partial charge in [0.25, 0.3) is 5.91 Å². The van der Waals surface area contributed by atoms with E-state index >= 15 is 0 Å².